The minimum absolute atomic E-state index is 0.270. The number of nitrogens with zero attached hydrogens (tertiary/aromatic N) is 1. The van der Waals surface area contributed by atoms with Crippen molar-refractivity contribution in [3.8, 4) is 0 Å². The SMILES string of the molecule is CCC1CCCN1C1(CN)CCCS(=O)(=O)C1. The van der Waals surface area contributed by atoms with E-state index in [1.807, 2.05) is 0 Å². The van der Waals surface area contributed by atoms with Gasteiger partial charge in [-0.3, -0.25) is 4.90 Å². The number of hydrogen-bond donors (Lipinski definition) is 1. The summed E-state index contributed by atoms with van der Waals surface area (Å²) in [6.45, 7) is 3.68. The highest BCUT2D eigenvalue weighted by Crippen LogP contribution is 2.35. The van der Waals surface area contributed by atoms with Gasteiger partial charge in [-0.25, -0.2) is 8.42 Å². The first-order valence-corrected chi connectivity index (χ1v) is 8.52. The predicted molar refractivity (Wildman–Crippen MR) is 69.7 cm³/mol. The van der Waals surface area contributed by atoms with Crippen LogP contribution in [-0.2, 0) is 9.84 Å². The summed E-state index contributed by atoms with van der Waals surface area (Å²) in [5.74, 6) is 0.617. The number of hydrogen-bond acceptors (Lipinski definition) is 4. The molecular formula is C12H24N2O2S. The molecule has 0 amide bonds. The monoisotopic (exact) mass is 260 g/mol. The van der Waals surface area contributed by atoms with Crippen LogP contribution >= 0.6 is 0 Å². The molecule has 2 aliphatic heterocycles. The quantitative estimate of drug-likeness (QED) is 0.814. The van der Waals surface area contributed by atoms with Gasteiger partial charge in [-0.2, -0.15) is 0 Å². The van der Waals surface area contributed by atoms with Gasteiger partial charge in [-0.1, -0.05) is 6.92 Å². The van der Waals surface area contributed by atoms with Crippen molar-refractivity contribution in [2.24, 2.45) is 5.73 Å². The van der Waals surface area contributed by atoms with Gasteiger partial charge in [0.2, 0.25) is 0 Å². The molecule has 0 radical (unpaired) electrons. The minimum atomic E-state index is -2.89. The van der Waals surface area contributed by atoms with Gasteiger partial charge in [0.25, 0.3) is 0 Å². The molecule has 2 N–H and O–H groups in total. The summed E-state index contributed by atoms with van der Waals surface area (Å²) in [5, 5.41) is 0. The van der Waals surface area contributed by atoms with Gasteiger partial charge in [-0.15, -0.1) is 0 Å². The highest BCUT2D eigenvalue weighted by Gasteiger charge is 2.46. The van der Waals surface area contributed by atoms with Gasteiger partial charge < -0.3 is 5.73 Å². The van der Waals surface area contributed by atoms with E-state index in [0.717, 1.165) is 25.8 Å². The van der Waals surface area contributed by atoms with Crippen LogP contribution in [0.2, 0.25) is 0 Å². The highest BCUT2D eigenvalue weighted by atomic mass is 32.2. The fraction of sp³-hybridized carbons (Fsp3) is 1.00. The van der Waals surface area contributed by atoms with Crippen molar-refractivity contribution in [2.45, 2.75) is 50.6 Å². The molecule has 0 bridgehead atoms. The van der Waals surface area contributed by atoms with E-state index in [1.54, 1.807) is 0 Å². The highest BCUT2D eigenvalue weighted by molar-refractivity contribution is 7.91. The maximum absolute atomic E-state index is 11.9. The van der Waals surface area contributed by atoms with Crippen molar-refractivity contribution in [3.63, 3.8) is 0 Å². The molecule has 0 aromatic heterocycles. The van der Waals surface area contributed by atoms with Crippen molar-refractivity contribution >= 4 is 9.84 Å². The molecular weight excluding hydrogens is 236 g/mol. The van der Waals surface area contributed by atoms with Gasteiger partial charge in [0.15, 0.2) is 9.84 Å². The number of nitrogens with two attached hydrogens (primary N) is 1. The van der Waals surface area contributed by atoms with Crippen LogP contribution in [-0.4, -0.2) is 49.5 Å². The van der Waals surface area contributed by atoms with Gasteiger partial charge >= 0.3 is 0 Å². The van der Waals surface area contributed by atoms with Crippen molar-refractivity contribution < 1.29 is 8.42 Å². The van der Waals surface area contributed by atoms with Crippen LogP contribution in [0.15, 0.2) is 0 Å². The Bertz CT molecular complexity index is 369. The molecule has 2 unspecified atom stereocenters. The van der Waals surface area contributed by atoms with Gasteiger partial charge in [-0.05, 0) is 38.6 Å². The molecule has 2 rings (SSSR count). The van der Waals surface area contributed by atoms with E-state index in [1.165, 1.54) is 12.8 Å². The van der Waals surface area contributed by atoms with Crippen LogP contribution in [0, 0.1) is 0 Å². The lowest BCUT2D eigenvalue weighted by Crippen LogP contribution is -2.61. The predicted octanol–water partition coefficient (Wildman–Crippen LogP) is 0.767. The second kappa shape index (κ2) is 4.86. The summed E-state index contributed by atoms with van der Waals surface area (Å²) >= 11 is 0. The largest absolute Gasteiger partial charge is 0.329 e. The molecule has 17 heavy (non-hydrogen) atoms. The Morgan fingerprint density at radius 3 is 2.76 bits per heavy atom. The molecule has 2 saturated heterocycles. The lowest BCUT2D eigenvalue weighted by atomic mass is 9.92. The molecule has 0 aliphatic carbocycles. The average Bonchev–Trinajstić information content (AvgIpc) is 2.76. The standard InChI is InChI=1S/C12H24N2O2S/c1-2-11-5-3-7-14(11)12(9-13)6-4-8-17(15,16)10-12/h11H,2-10,13H2,1H3. The first kappa shape index (κ1) is 13.3. The summed E-state index contributed by atoms with van der Waals surface area (Å²) < 4.78 is 23.8. The second-order valence-corrected chi connectivity index (χ2v) is 7.71. The molecule has 0 spiro atoms. The van der Waals surface area contributed by atoms with E-state index in [-0.39, 0.29) is 11.3 Å². The summed E-state index contributed by atoms with van der Waals surface area (Å²) in [6, 6.07) is 0.534. The molecule has 100 valence electrons. The second-order valence-electron chi connectivity index (χ2n) is 5.52. The van der Waals surface area contributed by atoms with Crippen molar-refractivity contribution in [3.05, 3.63) is 0 Å². The lowest BCUT2D eigenvalue weighted by Gasteiger charge is -2.46. The van der Waals surface area contributed by atoms with Crippen LogP contribution in [0.5, 0.6) is 0 Å². The molecule has 2 fully saturated rings. The fourth-order valence-corrected chi connectivity index (χ4v) is 5.54. The topological polar surface area (TPSA) is 63.4 Å². The summed E-state index contributed by atoms with van der Waals surface area (Å²) in [4.78, 5) is 2.41. The van der Waals surface area contributed by atoms with E-state index in [9.17, 15) is 8.42 Å². The Kier molecular flexibility index (Phi) is 3.80. The Labute approximate surface area is 104 Å². The molecule has 2 atom stereocenters. The van der Waals surface area contributed by atoms with Crippen molar-refractivity contribution in [1.82, 2.24) is 4.90 Å². The van der Waals surface area contributed by atoms with Crippen LogP contribution in [0.25, 0.3) is 0 Å². The van der Waals surface area contributed by atoms with Crippen molar-refractivity contribution in [1.29, 1.82) is 0 Å². The maximum atomic E-state index is 11.9. The third kappa shape index (κ3) is 2.51. The van der Waals surface area contributed by atoms with Gasteiger partial charge in [0.05, 0.1) is 11.5 Å². The molecule has 4 nitrogen and oxygen atoms in total. The molecule has 2 aliphatic rings. The number of likely N-dealkylation sites (tertiary alicyclic amines) is 1. The zero-order valence-corrected chi connectivity index (χ0v) is 11.5. The molecule has 2 heterocycles. The van der Waals surface area contributed by atoms with E-state index in [2.05, 4.69) is 11.8 Å². The normalized spacial score (nSPS) is 38.4. The molecule has 0 aromatic rings. The van der Waals surface area contributed by atoms with E-state index < -0.39 is 9.84 Å². The van der Waals surface area contributed by atoms with Gasteiger partial charge in [0, 0.05) is 18.1 Å². The Hall–Kier alpha value is -0.130. The first-order chi connectivity index (χ1) is 8.03. The Morgan fingerprint density at radius 1 is 1.41 bits per heavy atom. The summed E-state index contributed by atoms with van der Waals surface area (Å²) in [6.07, 6.45) is 5.19. The fourth-order valence-electron chi connectivity index (χ4n) is 3.56. The van der Waals surface area contributed by atoms with Crippen molar-refractivity contribution in [2.75, 3.05) is 24.6 Å². The zero-order chi connectivity index (χ0) is 12.5. The number of rotatable bonds is 3. The molecule has 5 heteroatoms. The third-order valence-electron chi connectivity index (χ3n) is 4.42. The lowest BCUT2D eigenvalue weighted by molar-refractivity contribution is 0.0842. The van der Waals surface area contributed by atoms with Crippen LogP contribution < -0.4 is 5.73 Å². The molecule has 0 aromatic carbocycles. The summed E-state index contributed by atoms with van der Waals surface area (Å²) in [7, 11) is -2.89. The van der Waals surface area contributed by atoms with Crippen LogP contribution in [0.4, 0.5) is 0 Å². The third-order valence-corrected chi connectivity index (χ3v) is 6.31. The Balaban J connectivity index is 2.24. The Morgan fingerprint density at radius 2 is 2.18 bits per heavy atom. The van der Waals surface area contributed by atoms with Gasteiger partial charge in [0.1, 0.15) is 0 Å². The average molecular weight is 260 g/mol. The van der Waals surface area contributed by atoms with E-state index >= 15 is 0 Å². The van der Waals surface area contributed by atoms with E-state index in [0.29, 0.717) is 18.3 Å². The van der Waals surface area contributed by atoms with Crippen LogP contribution in [0.3, 0.4) is 0 Å². The minimum Gasteiger partial charge on any atom is -0.329 e. The smallest absolute Gasteiger partial charge is 0.152 e. The van der Waals surface area contributed by atoms with Crippen LogP contribution in [0.1, 0.15) is 39.0 Å². The summed E-state index contributed by atoms with van der Waals surface area (Å²) in [5.41, 5.74) is 5.68. The number of sulfone groups is 1. The zero-order valence-electron chi connectivity index (χ0n) is 10.7. The molecule has 0 saturated carbocycles. The maximum Gasteiger partial charge on any atom is 0.152 e. The first-order valence-electron chi connectivity index (χ1n) is 6.70. The van der Waals surface area contributed by atoms with E-state index in [4.69, 9.17) is 5.73 Å².